The van der Waals surface area contributed by atoms with Crippen LogP contribution in [0.4, 0.5) is 0 Å². The van der Waals surface area contributed by atoms with Gasteiger partial charge in [0.2, 0.25) is 0 Å². The molecule has 0 radical (unpaired) electrons. The number of rotatable bonds is 0. The molecule has 0 aliphatic heterocycles. The topological polar surface area (TPSA) is 17.1 Å². The summed E-state index contributed by atoms with van der Waals surface area (Å²) in [7, 11) is 0. The second-order valence-corrected chi connectivity index (χ2v) is 4.78. The highest BCUT2D eigenvalue weighted by Gasteiger charge is 2.24. The first-order valence-corrected chi connectivity index (χ1v) is 5.89. The number of carbonyl (C=O) groups excluding carboxylic acids is 1. The monoisotopic (exact) mass is 222 g/mol. The second-order valence-electron chi connectivity index (χ2n) is 4.78. The summed E-state index contributed by atoms with van der Waals surface area (Å²) >= 11 is 0. The molecule has 0 atom stereocenters. The summed E-state index contributed by atoms with van der Waals surface area (Å²) in [5.41, 5.74) is 6.40. The highest BCUT2D eigenvalue weighted by molar-refractivity contribution is 6.13. The van der Waals surface area contributed by atoms with Gasteiger partial charge < -0.3 is 0 Å². The summed E-state index contributed by atoms with van der Waals surface area (Å²) in [6, 6.07) is 12.2. The third-order valence-electron chi connectivity index (χ3n) is 3.47. The number of aryl methyl sites for hydroxylation is 2. The first-order chi connectivity index (χ1) is 8.16. The van der Waals surface area contributed by atoms with E-state index in [9.17, 15) is 4.79 Å². The lowest BCUT2D eigenvalue weighted by Crippen LogP contribution is -2.16. The Morgan fingerprint density at radius 1 is 1.00 bits per heavy atom. The van der Waals surface area contributed by atoms with Gasteiger partial charge in [-0.3, -0.25) is 4.79 Å². The average molecular weight is 222 g/mol. The summed E-state index contributed by atoms with van der Waals surface area (Å²) in [5.74, 6) is 0.180. The smallest absolute Gasteiger partial charge is 0.193 e. The van der Waals surface area contributed by atoms with Gasteiger partial charge in [-0.25, -0.2) is 0 Å². The van der Waals surface area contributed by atoms with Gasteiger partial charge in [0.25, 0.3) is 0 Å². The first-order valence-electron chi connectivity index (χ1n) is 5.89. The van der Waals surface area contributed by atoms with E-state index >= 15 is 0 Å². The van der Waals surface area contributed by atoms with E-state index in [4.69, 9.17) is 0 Å². The highest BCUT2D eigenvalue weighted by Crippen LogP contribution is 2.29. The summed E-state index contributed by atoms with van der Waals surface area (Å²) in [4.78, 5) is 12.4. The van der Waals surface area contributed by atoms with Crippen molar-refractivity contribution in [2.75, 3.05) is 0 Å². The number of carbonyl (C=O) groups is 1. The van der Waals surface area contributed by atoms with E-state index in [1.54, 1.807) is 0 Å². The van der Waals surface area contributed by atoms with Crippen LogP contribution in [0.15, 0.2) is 36.4 Å². The van der Waals surface area contributed by atoms with Gasteiger partial charge in [-0.15, -0.1) is 0 Å². The maximum atomic E-state index is 12.4. The minimum Gasteiger partial charge on any atom is -0.289 e. The number of hydrogen-bond donors (Lipinski definition) is 0. The molecule has 0 bridgehead atoms. The Kier molecular flexibility index (Phi) is 2.15. The van der Waals surface area contributed by atoms with E-state index in [1.807, 2.05) is 31.2 Å². The average Bonchev–Trinajstić information content (AvgIpc) is 2.28. The molecule has 2 aromatic carbocycles. The molecule has 0 saturated carbocycles. The molecule has 3 rings (SSSR count). The van der Waals surface area contributed by atoms with Crippen molar-refractivity contribution < 1.29 is 4.79 Å². The molecule has 0 unspecified atom stereocenters. The summed E-state index contributed by atoms with van der Waals surface area (Å²) in [5, 5.41) is 0. The molecule has 0 spiro atoms. The fraction of sp³-hybridized carbons (Fsp3) is 0.188. The molecule has 2 aromatic rings. The Morgan fingerprint density at radius 2 is 1.82 bits per heavy atom. The summed E-state index contributed by atoms with van der Waals surface area (Å²) in [6.07, 6.45) is 0.875. The number of benzene rings is 2. The van der Waals surface area contributed by atoms with Crippen LogP contribution in [0, 0.1) is 13.8 Å². The molecule has 0 fully saturated rings. The Morgan fingerprint density at radius 3 is 2.65 bits per heavy atom. The molecular formula is C16H14O. The van der Waals surface area contributed by atoms with Gasteiger partial charge in [-0.05, 0) is 37.0 Å². The molecule has 1 aliphatic carbocycles. The van der Waals surface area contributed by atoms with Crippen molar-refractivity contribution in [3.05, 3.63) is 69.8 Å². The third kappa shape index (κ3) is 1.50. The van der Waals surface area contributed by atoms with Gasteiger partial charge >= 0.3 is 0 Å². The van der Waals surface area contributed by atoms with Crippen LogP contribution in [0.2, 0.25) is 0 Å². The fourth-order valence-electron chi connectivity index (χ4n) is 2.63. The lowest BCUT2D eigenvalue weighted by Gasteiger charge is -2.20. The van der Waals surface area contributed by atoms with Crippen LogP contribution in [0.1, 0.15) is 38.2 Å². The van der Waals surface area contributed by atoms with Crippen LogP contribution < -0.4 is 0 Å². The molecule has 0 amide bonds. The van der Waals surface area contributed by atoms with Crippen molar-refractivity contribution >= 4 is 5.78 Å². The zero-order chi connectivity index (χ0) is 12.0. The molecule has 1 nitrogen and oxygen atoms in total. The van der Waals surface area contributed by atoms with Gasteiger partial charge in [0.05, 0.1) is 0 Å². The molecule has 0 heterocycles. The van der Waals surface area contributed by atoms with E-state index < -0.39 is 0 Å². The number of fused-ring (bicyclic) bond motifs is 2. The van der Waals surface area contributed by atoms with Gasteiger partial charge in [-0.1, -0.05) is 42.0 Å². The molecular weight excluding hydrogens is 208 g/mol. The van der Waals surface area contributed by atoms with Crippen LogP contribution in [-0.2, 0) is 6.42 Å². The van der Waals surface area contributed by atoms with E-state index in [1.165, 1.54) is 5.56 Å². The minimum absolute atomic E-state index is 0.180. The normalized spacial score (nSPS) is 13.2. The quantitative estimate of drug-likeness (QED) is 0.569. The molecule has 0 N–H and O–H groups in total. The van der Waals surface area contributed by atoms with E-state index in [-0.39, 0.29) is 5.78 Å². The minimum atomic E-state index is 0.180. The Balaban J connectivity index is 2.25. The van der Waals surface area contributed by atoms with Gasteiger partial charge in [0.15, 0.2) is 5.78 Å². The van der Waals surface area contributed by atoms with E-state index in [0.29, 0.717) is 0 Å². The molecule has 1 heteroatoms. The summed E-state index contributed by atoms with van der Waals surface area (Å²) in [6.45, 7) is 4.08. The Bertz CT molecular complexity index is 623. The van der Waals surface area contributed by atoms with Crippen LogP contribution in [0.5, 0.6) is 0 Å². The van der Waals surface area contributed by atoms with Gasteiger partial charge in [-0.2, -0.15) is 0 Å². The highest BCUT2D eigenvalue weighted by atomic mass is 16.1. The lowest BCUT2D eigenvalue weighted by molar-refractivity contribution is 0.103. The van der Waals surface area contributed by atoms with Crippen molar-refractivity contribution in [3.8, 4) is 0 Å². The SMILES string of the molecule is Cc1ccc2c(c1)Cc1cccc(C)c1C2=O. The second kappa shape index (κ2) is 3.56. The van der Waals surface area contributed by atoms with Crippen LogP contribution in [0.3, 0.4) is 0 Å². The zero-order valence-corrected chi connectivity index (χ0v) is 10.1. The molecule has 17 heavy (non-hydrogen) atoms. The predicted octanol–water partition coefficient (Wildman–Crippen LogP) is 3.44. The maximum absolute atomic E-state index is 12.4. The Labute approximate surface area is 101 Å². The molecule has 1 aliphatic rings. The number of hydrogen-bond acceptors (Lipinski definition) is 1. The third-order valence-corrected chi connectivity index (χ3v) is 3.47. The van der Waals surface area contributed by atoms with E-state index in [0.717, 1.165) is 34.2 Å². The lowest BCUT2D eigenvalue weighted by atomic mass is 9.82. The zero-order valence-electron chi connectivity index (χ0n) is 10.1. The molecule has 0 aromatic heterocycles. The Hall–Kier alpha value is -1.89. The standard InChI is InChI=1S/C16H14O/c1-10-6-7-14-13(8-10)9-12-5-3-4-11(2)15(12)16(14)17/h3-8H,9H2,1-2H3. The van der Waals surface area contributed by atoms with Crippen molar-refractivity contribution in [1.82, 2.24) is 0 Å². The van der Waals surface area contributed by atoms with Crippen LogP contribution in [-0.4, -0.2) is 5.78 Å². The largest absolute Gasteiger partial charge is 0.289 e. The predicted molar refractivity (Wildman–Crippen MR) is 68.6 cm³/mol. The van der Waals surface area contributed by atoms with Crippen LogP contribution >= 0.6 is 0 Å². The van der Waals surface area contributed by atoms with Crippen LogP contribution in [0.25, 0.3) is 0 Å². The van der Waals surface area contributed by atoms with Gasteiger partial charge in [0.1, 0.15) is 0 Å². The van der Waals surface area contributed by atoms with Gasteiger partial charge in [0, 0.05) is 11.1 Å². The van der Waals surface area contributed by atoms with E-state index in [2.05, 4.69) is 19.1 Å². The fourth-order valence-corrected chi connectivity index (χ4v) is 2.63. The first kappa shape index (κ1) is 10.3. The molecule has 84 valence electrons. The maximum Gasteiger partial charge on any atom is 0.193 e. The van der Waals surface area contributed by atoms with Crippen molar-refractivity contribution in [3.63, 3.8) is 0 Å². The summed E-state index contributed by atoms with van der Waals surface area (Å²) < 4.78 is 0. The van der Waals surface area contributed by atoms with Crippen molar-refractivity contribution in [2.24, 2.45) is 0 Å². The number of ketones is 1. The van der Waals surface area contributed by atoms with Crippen molar-refractivity contribution in [2.45, 2.75) is 20.3 Å². The van der Waals surface area contributed by atoms with Crippen molar-refractivity contribution in [1.29, 1.82) is 0 Å². The molecule has 0 saturated heterocycles.